The smallest absolute Gasteiger partial charge is 0.0750 e. The van der Waals surface area contributed by atoms with Crippen molar-refractivity contribution in [1.82, 2.24) is 10.4 Å². The third-order valence-electron chi connectivity index (χ3n) is 4.29. The molecule has 3 N–H and O–H groups in total. The molecule has 112 valence electrons. The first-order chi connectivity index (χ1) is 10.4. The molecule has 1 aromatic heterocycles. The van der Waals surface area contributed by atoms with Crippen molar-refractivity contribution in [2.75, 3.05) is 5.75 Å². The Morgan fingerprint density at radius 3 is 2.81 bits per heavy atom. The molecule has 1 saturated carbocycles. The molecule has 1 atom stereocenters. The van der Waals surface area contributed by atoms with Gasteiger partial charge >= 0.3 is 0 Å². The van der Waals surface area contributed by atoms with Crippen LogP contribution in [0.5, 0.6) is 0 Å². The minimum Gasteiger partial charge on any atom is -0.271 e. The van der Waals surface area contributed by atoms with Gasteiger partial charge in [0.15, 0.2) is 0 Å². The van der Waals surface area contributed by atoms with Gasteiger partial charge in [-0.1, -0.05) is 43.5 Å². The Labute approximate surface area is 130 Å². The van der Waals surface area contributed by atoms with Gasteiger partial charge in [0.2, 0.25) is 0 Å². The minimum absolute atomic E-state index is 0.163. The molecule has 0 spiro atoms. The molecule has 1 aliphatic carbocycles. The van der Waals surface area contributed by atoms with Crippen molar-refractivity contribution in [2.24, 2.45) is 5.84 Å². The molecule has 2 aromatic rings. The number of para-hydroxylation sites is 1. The van der Waals surface area contributed by atoms with Crippen LogP contribution < -0.4 is 11.3 Å². The van der Waals surface area contributed by atoms with Crippen molar-refractivity contribution in [2.45, 2.75) is 43.4 Å². The summed E-state index contributed by atoms with van der Waals surface area (Å²) in [4.78, 5) is 4.54. The largest absolute Gasteiger partial charge is 0.271 e. The highest BCUT2D eigenvalue weighted by Gasteiger charge is 2.18. The number of aromatic nitrogens is 1. The lowest BCUT2D eigenvalue weighted by molar-refractivity contribution is 0.514. The van der Waals surface area contributed by atoms with Gasteiger partial charge in [-0.15, -0.1) is 0 Å². The first-order valence-corrected chi connectivity index (χ1v) is 8.85. The number of benzene rings is 1. The normalized spacial score (nSPS) is 18.0. The van der Waals surface area contributed by atoms with Crippen molar-refractivity contribution in [3.05, 3.63) is 42.1 Å². The summed E-state index contributed by atoms with van der Waals surface area (Å²) in [6.45, 7) is 0. The molecule has 4 heteroatoms. The van der Waals surface area contributed by atoms with Crippen LogP contribution in [0.1, 0.15) is 43.7 Å². The van der Waals surface area contributed by atoms with Gasteiger partial charge in [0.05, 0.1) is 11.6 Å². The highest BCUT2D eigenvalue weighted by atomic mass is 32.2. The summed E-state index contributed by atoms with van der Waals surface area (Å²) in [5.74, 6) is 6.83. The van der Waals surface area contributed by atoms with E-state index in [1.54, 1.807) is 0 Å². The number of hydrogen-bond donors (Lipinski definition) is 2. The Bertz CT molecular complexity index is 576. The number of pyridine rings is 1. The molecule has 1 aromatic carbocycles. The van der Waals surface area contributed by atoms with E-state index in [0.717, 1.165) is 16.5 Å². The Morgan fingerprint density at radius 2 is 2.00 bits per heavy atom. The van der Waals surface area contributed by atoms with Crippen LogP contribution in [0, 0.1) is 0 Å². The molecular weight excluding hydrogens is 278 g/mol. The maximum absolute atomic E-state index is 5.82. The first kappa shape index (κ1) is 14.8. The van der Waals surface area contributed by atoms with E-state index in [0.29, 0.717) is 0 Å². The SMILES string of the molecule is NNC(CSC1CCCCC1)c1cccc2cccnc12. The van der Waals surface area contributed by atoms with E-state index in [2.05, 4.69) is 46.4 Å². The summed E-state index contributed by atoms with van der Waals surface area (Å²) in [5.41, 5.74) is 5.26. The molecule has 1 fully saturated rings. The van der Waals surface area contributed by atoms with E-state index in [4.69, 9.17) is 5.84 Å². The third-order valence-corrected chi connectivity index (χ3v) is 5.76. The standard InChI is InChI=1S/C17H23N3S/c18-20-16(12-21-14-8-2-1-3-9-14)15-10-4-6-13-7-5-11-19-17(13)15/h4-7,10-11,14,16,20H,1-3,8-9,12,18H2. The maximum atomic E-state index is 5.82. The van der Waals surface area contributed by atoms with E-state index in [1.165, 1.54) is 43.1 Å². The molecule has 3 rings (SSSR count). The second kappa shape index (κ2) is 7.25. The molecule has 0 radical (unpaired) electrons. The number of nitrogens with zero attached hydrogens (tertiary/aromatic N) is 1. The predicted octanol–water partition coefficient (Wildman–Crippen LogP) is 3.81. The monoisotopic (exact) mass is 301 g/mol. The highest BCUT2D eigenvalue weighted by molar-refractivity contribution is 7.99. The van der Waals surface area contributed by atoms with Crippen molar-refractivity contribution < 1.29 is 0 Å². The van der Waals surface area contributed by atoms with Crippen LogP contribution in [0.2, 0.25) is 0 Å². The Hall–Kier alpha value is -1.10. The molecule has 21 heavy (non-hydrogen) atoms. The number of rotatable bonds is 5. The maximum Gasteiger partial charge on any atom is 0.0750 e. The van der Waals surface area contributed by atoms with Crippen LogP contribution in [0.4, 0.5) is 0 Å². The van der Waals surface area contributed by atoms with Crippen LogP contribution >= 0.6 is 11.8 Å². The topological polar surface area (TPSA) is 50.9 Å². The number of fused-ring (bicyclic) bond motifs is 1. The average Bonchev–Trinajstić information content (AvgIpc) is 2.56. The number of thioether (sulfide) groups is 1. The van der Waals surface area contributed by atoms with E-state index >= 15 is 0 Å². The molecule has 1 unspecified atom stereocenters. The number of hydrazine groups is 1. The molecule has 0 aliphatic heterocycles. The Kier molecular flexibility index (Phi) is 5.12. The van der Waals surface area contributed by atoms with Gasteiger partial charge < -0.3 is 0 Å². The summed E-state index contributed by atoms with van der Waals surface area (Å²) in [5, 5.41) is 1.98. The first-order valence-electron chi connectivity index (χ1n) is 7.80. The lowest BCUT2D eigenvalue weighted by atomic mass is 10.0. The fraction of sp³-hybridized carbons (Fsp3) is 0.471. The van der Waals surface area contributed by atoms with Crippen LogP contribution in [0.15, 0.2) is 36.5 Å². The minimum atomic E-state index is 0.163. The van der Waals surface area contributed by atoms with Gasteiger partial charge in [-0.25, -0.2) is 0 Å². The van der Waals surface area contributed by atoms with E-state index in [1.807, 2.05) is 12.3 Å². The van der Waals surface area contributed by atoms with Gasteiger partial charge in [0, 0.05) is 22.6 Å². The third kappa shape index (κ3) is 3.57. The van der Waals surface area contributed by atoms with Gasteiger partial charge in [-0.2, -0.15) is 11.8 Å². The number of nitrogens with one attached hydrogen (secondary N) is 1. The van der Waals surface area contributed by atoms with Gasteiger partial charge in [-0.05, 0) is 24.5 Å². The van der Waals surface area contributed by atoms with Crippen molar-refractivity contribution in [3.8, 4) is 0 Å². The van der Waals surface area contributed by atoms with Crippen LogP contribution in [-0.4, -0.2) is 16.0 Å². The fourth-order valence-electron chi connectivity index (χ4n) is 3.10. The lowest BCUT2D eigenvalue weighted by Crippen LogP contribution is -2.30. The molecule has 1 aliphatic rings. The number of hydrogen-bond acceptors (Lipinski definition) is 4. The summed E-state index contributed by atoms with van der Waals surface area (Å²) in [7, 11) is 0. The quantitative estimate of drug-likeness (QED) is 0.651. The second-order valence-corrected chi connectivity index (χ2v) is 7.07. The molecule has 0 amide bonds. The van der Waals surface area contributed by atoms with E-state index < -0.39 is 0 Å². The van der Waals surface area contributed by atoms with Crippen LogP contribution in [0.3, 0.4) is 0 Å². The van der Waals surface area contributed by atoms with Crippen molar-refractivity contribution in [1.29, 1.82) is 0 Å². The summed E-state index contributed by atoms with van der Waals surface area (Å²) < 4.78 is 0. The van der Waals surface area contributed by atoms with Gasteiger partial charge in [0.1, 0.15) is 0 Å². The van der Waals surface area contributed by atoms with Crippen molar-refractivity contribution in [3.63, 3.8) is 0 Å². The number of nitrogens with two attached hydrogens (primary N) is 1. The lowest BCUT2D eigenvalue weighted by Gasteiger charge is -2.24. The van der Waals surface area contributed by atoms with Gasteiger partial charge in [0.25, 0.3) is 0 Å². The van der Waals surface area contributed by atoms with E-state index in [9.17, 15) is 0 Å². The molecule has 1 heterocycles. The zero-order valence-corrected chi connectivity index (χ0v) is 13.1. The second-order valence-electron chi connectivity index (χ2n) is 5.73. The van der Waals surface area contributed by atoms with Crippen LogP contribution in [-0.2, 0) is 0 Å². The Balaban J connectivity index is 1.75. The fourth-order valence-corrected chi connectivity index (χ4v) is 4.51. The van der Waals surface area contributed by atoms with Crippen LogP contribution in [0.25, 0.3) is 10.9 Å². The zero-order chi connectivity index (χ0) is 14.5. The zero-order valence-electron chi connectivity index (χ0n) is 12.3. The molecule has 0 saturated heterocycles. The Morgan fingerprint density at radius 1 is 1.19 bits per heavy atom. The molecule has 3 nitrogen and oxygen atoms in total. The van der Waals surface area contributed by atoms with Crippen molar-refractivity contribution >= 4 is 22.7 Å². The predicted molar refractivity (Wildman–Crippen MR) is 91.1 cm³/mol. The highest BCUT2D eigenvalue weighted by Crippen LogP contribution is 2.32. The van der Waals surface area contributed by atoms with Gasteiger partial charge in [-0.3, -0.25) is 16.3 Å². The summed E-state index contributed by atoms with van der Waals surface area (Å²) in [6, 6.07) is 10.6. The summed E-state index contributed by atoms with van der Waals surface area (Å²) in [6.07, 6.45) is 8.74. The average molecular weight is 301 g/mol. The van der Waals surface area contributed by atoms with E-state index in [-0.39, 0.29) is 6.04 Å². The molecular formula is C17H23N3S. The molecule has 0 bridgehead atoms. The summed E-state index contributed by atoms with van der Waals surface area (Å²) >= 11 is 2.06.